The highest BCUT2D eigenvalue weighted by molar-refractivity contribution is 5.39. The lowest BCUT2D eigenvalue weighted by Gasteiger charge is -2.07. The van der Waals surface area contributed by atoms with Crippen LogP contribution in [0.1, 0.15) is 16.7 Å². The van der Waals surface area contributed by atoms with Gasteiger partial charge in [-0.15, -0.1) is 0 Å². The predicted molar refractivity (Wildman–Crippen MR) is 74.8 cm³/mol. The number of benzene rings is 2. The first-order chi connectivity index (χ1) is 9.58. The Balaban J connectivity index is 1.99. The summed E-state index contributed by atoms with van der Waals surface area (Å²) in [6, 6.07) is 11.5. The van der Waals surface area contributed by atoms with E-state index in [-0.39, 0.29) is 16.4 Å². The minimum atomic E-state index is -0.390. The second-order valence-electron chi connectivity index (χ2n) is 4.57. The molecule has 5 heteroatoms. The van der Waals surface area contributed by atoms with Crippen molar-refractivity contribution in [1.29, 1.82) is 0 Å². The highest BCUT2D eigenvalue weighted by Gasteiger charge is 2.11. The summed E-state index contributed by atoms with van der Waals surface area (Å²) in [5, 5.41) is 14.0. The third-order valence-corrected chi connectivity index (χ3v) is 3.06. The van der Waals surface area contributed by atoms with Crippen molar-refractivity contribution in [3.8, 4) is 0 Å². The van der Waals surface area contributed by atoms with Crippen molar-refractivity contribution >= 4 is 5.69 Å². The zero-order valence-corrected chi connectivity index (χ0v) is 11.1. The first kappa shape index (κ1) is 14.1. The summed E-state index contributed by atoms with van der Waals surface area (Å²) >= 11 is 0. The minimum Gasteiger partial charge on any atom is -0.308 e. The van der Waals surface area contributed by atoms with Gasteiger partial charge in [0.2, 0.25) is 0 Å². The molecule has 0 spiro atoms. The van der Waals surface area contributed by atoms with Gasteiger partial charge >= 0.3 is 0 Å². The summed E-state index contributed by atoms with van der Waals surface area (Å²) in [5.74, 6) is -0.229. The van der Waals surface area contributed by atoms with E-state index in [0.29, 0.717) is 24.2 Å². The van der Waals surface area contributed by atoms with E-state index in [2.05, 4.69) is 5.32 Å². The molecular formula is C15H15FN2O2. The lowest BCUT2D eigenvalue weighted by atomic mass is 10.1. The van der Waals surface area contributed by atoms with Crippen molar-refractivity contribution < 1.29 is 9.31 Å². The van der Waals surface area contributed by atoms with Gasteiger partial charge in [0.05, 0.1) is 4.92 Å². The molecule has 0 aliphatic carbocycles. The van der Waals surface area contributed by atoms with Crippen molar-refractivity contribution in [1.82, 2.24) is 5.32 Å². The van der Waals surface area contributed by atoms with E-state index in [4.69, 9.17) is 0 Å². The molecule has 1 N–H and O–H groups in total. The van der Waals surface area contributed by atoms with E-state index in [9.17, 15) is 14.5 Å². The molecule has 0 saturated heterocycles. The third kappa shape index (κ3) is 3.39. The van der Waals surface area contributed by atoms with Crippen molar-refractivity contribution in [3.05, 3.63) is 75.1 Å². The molecule has 2 aromatic rings. The molecule has 0 amide bonds. The Morgan fingerprint density at radius 1 is 1.20 bits per heavy atom. The summed E-state index contributed by atoms with van der Waals surface area (Å²) < 4.78 is 13.1. The number of hydrogen-bond acceptors (Lipinski definition) is 3. The molecule has 0 aliphatic rings. The van der Waals surface area contributed by atoms with Gasteiger partial charge in [-0.2, -0.15) is 0 Å². The topological polar surface area (TPSA) is 55.2 Å². The van der Waals surface area contributed by atoms with Crippen LogP contribution in [0.25, 0.3) is 0 Å². The largest absolute Gasteiger partial charge is 0.308 e. The Bertz CT molecular complexity index is 629. The van der Waals surface area contributed by atoms with E-state index >= 15 is 0 Å². The van der Waals surface area contributed by atoms with Gasteiger partial charge in [-0.05, 0) is 24.1 Å². The average molecular weight is 274 g/mol. The van der Waals surface area contributed by atoms with E-state index in [1.807, 2.05) is 0 Å². The Hall–Kier alpha value is -2.27. The second kappa shape index (κ2) is 6.25. The molecule has 2 aromatic carbocycles. The predicted octanol–water partition coefficient (Wildman–Crippen LogP) is 3.33. The van der Waals surface area contributed by atoms with Crippen molar-refractivity contribution in [2.24, 2.45) is 0 Å². The summed E-state index contributed by atoms with van der Waals surface area (Å²) in [7, 11) is 0. The molecule has 0 saturated carbocycles. The number of hydrogen-bond donors (Lipinski definition) is 1. The number of rotatable bonds is 5. The van der Waals surface area contributed by atoms with Crippen LogP contribution in [0, 0.1) is 22.9 Å². The molecule has 4 nitrogen and oxygen atoms in total. The number of nitrogens with zero attached hydrogens (tertiary/aromatic N) is 1. The first-order valence-corrected chi connectivity index (χ1v) is 6.26. The second-order valence-corrected chi connectivity index (χ2v) is 4.57. The van der Waals surface area contributed by atoms with Crippen LogP contribution in [0.5, 0.6) is 0 Å². The molecular weight excluding hydrogens is 259 g/mol. The summed E-state index contributed by atoms with van der Waals surface area (Å²) in [5.41, 5.74) is 2.28. The van der Waals surface area contributed by atoms with Gasteiger partial charge in [0, 0.05) is 24.7 Å². The Morgan fingerprint density at radius 2 is 1.95 bits per heavy atom. The zero-order valence-electron chi connectivity index (χ0n) is 11.1. The van der Waals surface area contributed by atoms with E-state index in [1.165, 1.54) is 12.1 Å². The number of aryl methyl sites for hydroxylation is 1. The van der Waals surface area contributed by atoms with Crippen LogP contribution >= 0.6 is 0 Å². The number of nitrogens with one attached hydrogen (secondary N) is 1. The third-order valence-electron chi connectivity index (χ3n) is 3.06. The normalized spacial score (nSPS) is 10.5. The maximum Gasteiger partial charge on any atom is 0.273 e. The van der Waals surface area contributed by atoms with Crippen LogP contribution in [0.15, 0.2) is 42.5 Å². The molecule has 0 heterocycles. The molecule has 104 valence electrons. The molecule has 0 radical (unpaired) electrons. The van der Waals surface area contributed by atoms with E-state index in [0.717, 1.165) is 5.56 Å². The molecule has 0 bridgehead atoms. The highest BCUT2D eigenvalue weighted by atomic mass is 19.1. The number of nitro benzene ring substituents is 1. The maximum absolute atomic E-state index is 13.1. The molecule has 2 rings (SSSR count). The number of halogens is 1. The molecule has 0 unspecified atom stereocenters. The fraction of sp³-hybridized carbons (Fsp3) is 0.200. The van der Waals surface area contributed by atoms with Gasteiger partial charge in [-0.1, -0.05) is 30.3 Å². The SMILES string of the molecule is Cc1cc(CNCc2ccccc2[N+](=O)[O-])ccc1F. The van der Waals surface area contributed by atoms with Crippen LogP contribution < -0.4 is 5.32 Å². The fourth-order valence-electron chi connectivity index (χ4n) is 2.00. The standard InChI is InChI=1S/C15H15FN2O2/c1-11-8-12(6-7-14(11)16)9-17-10-13-4-2-3-5-15(13)18(19)20/h2-8,17H,9-10H2,1H3. The van der Waals surface area contributed by atoms with Gasteiger partial charge in [0.1, 0.15) is 5.82 Å². The Morgan fingerprint density at radius 3 is 2.65 bits per heavy atom. The molecule has 20 heavy (non-hydrogen) atoms. The molecule has 0 aromatic heterocycles. The van der Waals surface area contributed by atoms with Crippen LogP contribution in [-0.2, 0) is 13.1 Å². The minimum absolute atomic E-state index is 0.107. The van der Waals surface area contributed by atoms with Crippen LogP contribution in [0.2, 0.25) is 0 Å². The van der Waals surface area contributed by atoms with Crippen LogP contribution in [0.4, 0.5) is 10.1 Å². The highest BCUT2D eigenvalue weighted by Crippen LogP contribution is 2.17. The monoisotopic (exact) mass is 274 g/mol. The van der Waals surface area contributed by atoms with Gasteiger partial charge in [0.25, 0.3) is 5.69 Å². The van der Waals surface area contributed by atoms with E-state index in [1.54, 1.807) is 37.3 Å². The van der Waals surface area contributed by atoms with Crippen molar-refractivity contribution in [2.45, 2.75) is 20.0 Å². The van der Waals surface area contributed by atoms with Gasteiger partial charge in [-0.3, -0.25) is 10.1 Å². The molecule has 0 atom stereocenters. The van der Waals surface area contributed by atoms with Gasteiger partial charge in [0.15, 0.2) is 0 Å². The summed E-state index contributed by atoms with van der Waals surface area (Å²) in [4.78, 5) is 10.5. The van der Waals surface area contributed by atoms with Crippen molar-refractivity contribution in [2.75, 3.05) is 0 Å². The smallest absolute Gasteiger partial charge is 0.273 e. The average Bonchev–Trinajstić information content (AvgIpc) is 2.43. The molecule has 0 aliphatic heterocycles. The van der Waals surface area contributed by atoms with Gasteiger partial charge in [-0.25, -0.2) is 4.39 Å². The first-order valence-electron chi connectivity index (χ1n) is 6.26. The van der Waals surface area contributed by atoms with E-state index < -0.39 is 0 Å². The maximum atomic E-state index is 13.1. The lowest BCUT2D eigenvalue weighted by molar-refractivity contribution is -0.385. The lowest BCUT2D eigenvalue weighted by Crippen LogP contribution is -2.14. The fourth-order valence-corrected chi connectivity index (χ4v) is 2.00. The molecule has 0 fully saturated rings. The summed E-state index contributed by atoms with van der Waals surface area (Å²) in [6.45, 7) is 2.64. The number of para-hydroxylation sites is 1. The van der Waals surface area contributed by atoms with Crippen molar-refractivity contribution in [3.63, 3.8) is 0 Å². The van der Waals surface area contributed by atoms with Crippen LogP contribution in [-0.4, -0.2) is 4.92 Å². The Kier molecular flexibility index (Phi) is 4.42. The Labute approximate surface area is 116 Å². The quantitative estimate of drug-likeness (QED) is 0.672. The van der Waals surface area contributed by atoms with Gasteiger partial charge < -0.3 is 5.32 Å². The zero-order chi connectivity index (χ0) is 14.5. The summed E-state index contributed by atoms with van der Waals surface area (Å²) in [6.07, 6.45) is 0. The van der Waals surface area contributed by atoms with Crippen LogP contribution in [0.3, 0.4) is 0 Å². The number of nitro groups is 1.